The first-order valence-electron chi connectivity index (χ1n) is 11.8. The van der Waals surface area contributed by atoms with Crippen molar-refractivity contribution in [2.24, 2.45) is 0 Å². The van der Waals surface area contributed by atoms with Crippen LogP contribution in [0.25, 0.3) is 22.1 Å². The number of nitrogens with zero attached hydrogens (tertiary/aromatic N) is 2. The maximum absolute atomic E-state index is 13.7. The quantitative estimate of drug-likeness (QED) is 0.346. The van der Waals surface area contributed by atoms with Crippen molar-refractivity contribution in [1.82, 2.24) is 9.13 Å². The lowest BCUT2D eigenvalue weighted by atomic mass is 10.2. The number of carbonyl (C=O) groups excluding carboxylic acids is 1. The molecule has 188 valence electrons. The zero-order valence-corrected chi connectivity index (χ0v) is 20.4. The third-order valence-corrected chi connectivity index (χ3v) is 6.00. The highest BCUT2D eigenvalue weighted by Gasteiger charge is 2.22. The van der Waals surface area contributed by atoms with Crippen LogP contribution in [-0.4, -0.2) is 28.8 Å². The number of carbonyl (C=O) groups is 1. The number of nitrogens with one attached hydrogen (secondary N) is 1. The van der Waals surface area contributed by atoms with Gasteiger partial charge in [0.25, 0.3) is 5.56 Å². The van der Waals surface area contributed by atoms with Crippen LogP contribution in [0.15, 0.2) is 86.8 Å². The Hall–Kier alpha value is -4.79. The molecule has 9 nitrogen and oxygen atoms in total. The number of hydrogen-bond acceptors (Lipinski definition) is 6. The lowest BCUT2D eigenvalue weighted by Crippen LogP contribution is -2.41. The second-order valence-electron chi connectivity index (χ2n) is 8.36. The fraction of sp³-hybridized carbons (Fsp3) is 0.179. The van der Waals surface area contributed by atoms with E-state index in [1.54, 1.807) is 79.9 Å². The minimum Gasteiger partial charge on any atom is -0.497 e. The van der Waals surface area contributed by atoms with Crippen molar-refractivity contribution in [3.63, 3.8) is 0 Å². The predicted molar refractivity (Wildman–Crippen MR) is 141 cm³/mol. The Morgan fingerprint density at radius 3 is 2.43 bits per heavy atom. The first-order chi connectivity index (χ1) is 18.0. The standard InChI is InChI=1S/C28H25N3O6/c1-3-36-23-11-7-5-9-21(23)29-24(32)17-30-25-20-8-4-6-10-22(20)37-26(25)27(33)31(28(30)34)16-18-12-14-19(35-2)15-13-18/h4-15H,3,16-17H2,1-2H3,(H,29,32). The largest absolute Gasteiger partial charge is 0.497 e. The molecule has 0 saturated carbocycles. The van der Waals surface area contributed by atoms with Crippen molar-refractivity contribution in [3.05, 3.63) is 99.2 Å². The van der Waals surface area contributed by atoms with Crippen LogP contribution in [-0.2, 0) is 17.9 Å². The Bertz CT molecular complexity index is 1710. The summed E-state index contributed by atoms with van der Waals surface area (Å²) in [6.07, 6.45) is 0. The zero-order valence-electron chi connectivity index (χ0n) is 20.4. The highest BCUT2D eigenvalue weighted by Crippen LogP contribution is 2.27. The van der Waals surface area contributed by atoms with Crippen molar-refractivity contribution in [3.8, 4) is 11.5 Å². The van der Waals surface area contributed by atoms with Crippen LogP contribution in [0.2, 0.25) is 0 Å². The van der Waals surface area contributed by atoms with Crippen LogP contribution in [0.5, 0.6) is 11.5 Å². The van der Waals surface area contributed by atoms with Gasteiger partial charge in [0.15, 0.2) is 0 Å². The van der Waals surface area contributed by atoms with E-state index in [0.29, 0.717) is 34.8 Å². The molecule has 5 aromatic rings. The SMILES string of the molecule is CCOc1ccccc1NC(=O)Cn1c(=O)n(Cc2ccc(OC)cc2)c(=O)c2oc3ccccc3c21. The number of amides is 1. The Kier molecular flexibility index (Phi) is 6.51. The summed E-state index contributed by atoms with van der Waals surface area (Å²) in [5.41, 5.74) is 0.770. The van der Waals surface area contributed by atoms with Gasteiger partial charge >= 0.3 is 5.69 Å². The minimum atomic E-state index is -0.617. The van der Waals surface area contributed by atoms with Crippen molar-refractivity contribution >= 4 is 33.7 Å². The number of methoxy groups -OCH3 is 1. The smallest absolute Gasteiger partial charge is 0.332 e. The maximum atomic E-state index is 13.7. The molecule has 1 N–H and O–H groups in total. The summed E-state index contributed by atoms with van der Waals surface area (Å²) in [5.74, 6) is 0.731. The van der Waals surface area contributed by atoms with Gasteiger partial charge < -0.3 is 19.2 Å². The summed E-state index contributed by atoms with van der Waals surface area (Å²) in [4.78, 5) is 40.3. The van der Waals surface area contributed by atoms with Gasteiger partial charge in [-0.25, -0.2) is 4.79 Å². The van der Waals surface area contributed by atoms with Gasteiger partial charge in [0.2, 0.25) is 11.5 Å². The molecule has 2 aromatic heterocycles. The third-order valence-electron chi connectivity index (χ3n) is 6.00. The molecule has 0 aliphatic rings. The normalized spacial score (nSPS) is 11.1. The number of aromatic nitrogens is 2. The van der Waals surface area contributed by atoms with E-state index >= 15 is 0 Å². The van der Waals surface area contributed by atoms with E-state index in [1.165, 1.54) is 4.57 Å². The summed E-state index contributed by atoms with van der Waals surface area (Å²) < 4.78 is 19.0. The molecule has 3 aromatic carbocycles. The fourth-order valence-corrected chi connectivity index (χ4v) is 4.28. The van der Waals surface area contributed by atoms with Crippen LogP contribution >= 0.6 is 0 Å². The Balaban J connectivity index is 1.61. The molecule has 0 atom stereocenters. The molecule has 0 bridgehead atoms. The summed E-state index contributed by atoms with van der Waals surface area (Å²) >= 11 is 0. The summed E-state index contributed by atoms with van der Waals surface area (Å²) in [5, 5.41) is 3.39. The van der Waals surface area contributed by atoms with Gasteiger partial charge in [0.1, 0.15) is 29.1 Å². The average molecular weight is 500 g/mol. The molecule has 0 saturated heterocycles. The van der Waals surface area contributed by atoms with Crippen LogP contribution in [0.4, 0.5) is 5.69 Å². The van der Waals surface area contributed by atoms with Crippen molar-refractivity contribution < 1.29 is 18.7 Å². The molecule has 37 heavy (non-hydrogen) atoms. The van der Waals surface area contributed by atoms with E-state index in [9.17, 15) is 14.4 Å². The van der Waals surface area contributed by atoms with Crippen LogP contribution < -0.4 is 26.0 Å². The summed E-state index contributed by atoms with van der Waals surface area (Å²) in [6, 6.07) is 21.1. The summed E-state index contributed by atoms with van der Waals surface area (Å²) in [7, 11) is 1.56. The molecule has 2 heterocycles. The molecular formula is C28H25N3O6. The van der Waals surface area contributed by atoms with Crippen LogP contribution in [0.1, 0.15) is 12.5 Å². The number of ether oxygens (including phenoxy) is 2. The molecular weight excluding hydrogens is 474 g/mol. The lowest BCUT2D eigenvalue weighted by Gasteiger charge is -2.14. The number of anilines is 1. The van der Waals surface area contributed by atoms with E-state index in [-0.39, 0.29) is 24.2 Å². The molecule has 0 spiro atoms. The highest BCUT2D eigenvalue weighted by molar-refractivity contribution is 6.03. The lowest BCUT2D eigenvalue weighted by molar-refractivity contribution is -0.116. The van der Waals surface area contributed by atoms with Gasteiger partial charge in [0, 0.05) is 5.39 Å². The maximum Gasteiger partial charge on any atom is 0.332 e. The zero-order chi connectivity index (χ0) is 25.9. The van der Waals surface area contributed by atoms with Gasteiger partial charge in [-0.3, -0.25) is 18.7 Å². The van der Waals surface area contributed by atoms with Gasteiger partial charge in [0.05, 0.1) is 25.9 Å². The highest BCUT2D eigenvalue weighted by atomic mass is 16.5. The number of hydrogen-bond donors (Lipinski definition) is 1. The predicted octanol–water partition coefficient (Wildman–Crippen LogP) is 4.00. The number of furan rings is 1. The molecule has 5 rings (SSSR count). The molecule has 0 radical (unpaired) electrons. The van der Waals surface area contributed by atoms with E-state index in [4.69, 9.17) is 13.9 Å². The number of fused-ring (bicyclic) bond motifs is 3. The van der Waals surface area contributed by atoms with E-state index in [0.717, 1.165) is 10.1 Å². The average Bonchev–Trinajstić information content (AvgIpc) is 3.30. The van der Waals surface area contributed by atoms with Crippen LogP contribution in [0.3, 0.4) is 0 Å². The van der Waals surface area contributed by atoms with E-state index < -0.39 is 17.2 Å². The van der Waals surface area contributed by atoms with Crippen molar-refractivity contribution in [2.75, 3.05) is 19.0 Å². The number of benzene rings is 3. The number of rotatable bonds is 8. The third kappa shape index (κ3) is 4.58. The van der Waals surface area contributed by atoms with Gasteiger partial charge in [-0.1, -0.05) is 36.4 Å². The van der Waals surface area contributed by atoms with E-state index in [2.05, 4.69) is 5.32 Å². The molecule has 0 unspecified atom stereocenters. The van der Waals surface area contributed by atoms with Gasteiger partial charge in [-0.05, 0) is 48.9 Å². The molecule has 0 fully saturated rings. The molecule has 0 aliphatic carbocycles. The number of para-hydroxylation sites is 3. The van der Waals surface area contributed by atoms with Gasteiger partial charge in [-0.2, -0.15) is 0 Å². The van der Waals surface area contributed by atoms with Crippen molar-refractivity contribution in [1.29, 1.82) is 0 Å². The van der Waals surface area contributed by atoms with Crippen LogP contribution in [0, 0.1) is 0 Å². The monoisotopic (exact) mass is 499 g/mol. The Morgan fingerprint density at radius 1 is 0.946 bits per heavy atom. The van der Waals surface area contributed by atoms with E-state index in [1.807, 2.05) is 6.92 Å². The first-order valence-corrected chi connectivity index (χ1v) is 11.8. The Morgan fingerprint density at radius 2 is 1.68 bits per heavy atom. The summed E-state index contributed by atoms with van der Waals surface area (Å²) in [6.45, 7) is 1.96. The molecule has 1 amide bonds. The Labute approximate surface area is 211 Å². The van der Waals surface area contributed by atoms with Gasteiger partial charge in [-0.15, -0.1) is 0 Å². The molecule has 0 aliphatic heterocycles. The second-order valence-corrected chi connectivity index (χ2v) is 8.36. The topological polar surface area (TPSA) is 105 Å². The fourth-order valence-electron chi connectivity index (χ4n) is 4.28. The second kappa shape index (κ2) is 10.1. The van der Waals surface area contributed by atoms with Crippen molar-refractivity contribution in [2.45, 2.75) is 20.0 Å². The minimum absolute atomic E-state index is 0.00341. The first kappa shape index (κ1) is 23.9. The molecule has 9 heteroatoms.